The highest BCUT2D eigenvalue weighted by molar-refractivity contribution is 4.89. The number of hydrogen-bond donors (Lipinski definition) is 3. The molecule has 0 aromatic heterocycles. The fourth-order valence-electron chi connectivity index (χ4n) is 3.14. The van der Waals surface area contributed by atoms with Crippen molar-refractivity contribution in [3.63, 3.8) is 0 Å². The Morgan fingerprint density at radius 3 is 2.24 bits per heavy atom. The van der Waals surface area contributed by atoms with Gasteiger partial charge < -0.3 is 24.8 Å². The van der Waals surface area contributed by atoms with Crippen LogP contribution in [0.5, 0.6) is 0 Å². The van der Waals surface area contributed by atoms with Crippen LogP contribution in [0.25, 0.3) is 0 Å². The first-order valence-corrected chi connectivity index (χ1v) is 10.1. The molecule has 1 fully saturated rings. The van der Waals surface area contributed by atoms with E-state index in [1.54, 1.807) is 0 Å². The zero-order chi connectivity index (χ0) is 18.3. The van der Waals surface area contributed by atoms with Gasteiger partial charge in [-0.2, -0.15) is 0 Å². The van der Waals surface area contributed by atoms with E-state index < -0.39 is 24.4 Å². The molecule has 1 aliphatic rings. The summed E-state index contributed by atoms with van der Waals surface area (Å²) in [4.78, 5) is 0. The van der Waals surface area contributed by atoms with Gasteiger partial charge in [-0.05, 0) is 12.8 Å². The third kappa shape index (κ3) is 9.71. The molecule has 0 radical (unpaired) electrons. The highest BCUT2D eigenvalue weighted by Gasteiger charge is 2.38. The molecule has 0 aromatic rings. The fourth-order valence-corrected chi connectivity index (χ4v) is 3.14. The highest BCUT2D eigenvalue weighted by atomic mass is 16.6. The third-order valence-corrected chi connectivity index (χ3v) is 4.78. The number of aliphatic hydroxyl groups excluding tert-OH is 3. The topological polar surface area (TPSA) is 79.2 Å². The molecule has 0 unspecified atom stereocenters. The Morgan fingerprint density at radius 2 is 1.60 bits per heavy atom. The molecule has 1 aliphatic heterocycles. The van der Waals surface area contributed by atoms with Gasteiger partial charge in [0.25, 0.3) is 0 Å². The van der Waals surface area contributed by atoms with Crippen molar-refractivity contribution in [2.75, 3.05) is 19.8 Å². The fraction of sp³-hybridized carbons (Fsp3) is 0.900. The van der Waals surface area contributed by atoms with Crippen molar-refractivity contribution in [3.8, 4) is 0 Å². The summed E-state index contributed by atoms with van der Waals surface area (Å²) in [6, 6.07) is 0. The van der Waals surface area contributed by atoms with Crippen molar-refractivity contribution in [1.29, 1.82) is 0 Å². The van der Waals surface area contributed by atoms with Gasteiger partial charge in [-0.25, -0.2) is 0 Å². The summed E-state index contributed by atoms with van der Waals surface area (Å²) in [5.41, 5.74) is 0. The number of hydrogen-bond acceptors (Lipinski definition) is 5. The molecule has 5 nitrogen and oxygen atoms in total. The molecule has 0 aliphatic carbocycles. The van der Waals surface area contributed by atoms with E-state index >= 15 is 0 Å². The Bertz CT molecular complexity index is 332. The minimum atomic E-state index is -1.02. The van der Waals surface area contributed by atoms with Crippen molar-refractivity contribution in [3.05, 3.63) is 12.2 Å². The molecule has 4 atom stereocenters. The van der Waals surface area contributed by atoms with Crippen molar-refractivity contribution in [2.45, 2.75) is 95.5 Å². The predicted molar refractivity (Wildman–Crippen MR) is 99.6 cm³/mol. The van der Waals surface area contributed by atoms with Gasteiger partial charge in [-0.3, -0.25) is 0 Å². The van der Waals surface area contributed by atoms with Crippen LogP contribution < -0.4 is 0 Å². The van der Waals surface area contributed by atoms with E-state index in [4.69, 9.17) is 9.47 Å². The first-order valence-electron chi connectivity index (χ1n) is 10.1. The summed E-state index contributed by atoms with van der Waals surface area (Å²) in [5, 5.41) is 28.8. The van der Waals surface area contributed by atoms with Crippen molar-refractivity contribution in [2.24, 2.45) is 0 Å². The Labute approximate surface area is 153 Å². The van der Waals surface area contributed by atoms with Gasteiger partial charge in [0.1, 0.15) is 24.4 Å². The lowest BCUT2D eigenvalue weighted by Gasteiger charge is -2.37. The summed E-state index contributed by atoms with van der Waals surface area (Å²) in [7, 11) is 0. The molecule has 1 rings (SSSR count). The van der Waals surface area contributed by atoms with Gasteiger partial charge in [-0.15, -0.1) is 0 Å². The summed E-state index contributed by atoms with van der Waals surface area (Å²) in [6.45, 7) is 2.40. The lowest BCUT2D eigenvalue weighted by Crippen LogP contribution is -2.55. The average Bonchev–Trinajstić information content (AvgIpc) is 2.62. The third-order valence-electron chi connectivity index (χ3n) is 4.78. The van der Waals surface area contributed by atoms with Gasteiger partial charge in [0.2, 0.25) is 0 Å². The molecule has 0 bridgehead atoms. The van der Waals surface area contributed by atoms with Crippen molar-refractivity contribution in [1.82, 2.24) is 0 Å². The summed E-state index contributed by atoms with van der Waals surface area (Å²) < 4.78 is 10.9. The van der Waals surface area contributed by atoms with Crippen molar-refractivity contribution < 1.29 is 24.8 Å². The Morgan fingerprint density at radius 1 is 0.960 bits per heavy atom. The lowest BCUT2D eigenvalue weighted by atomic mass is 10.0. The lowest BCUT2D eigenvalue weighted by molar-refractivity contribution is -0.208. The van der Waals surface area contributed by atoms with Crippen LogP contribution in [0.3, 0.4) is 0 Å². The van der Waals surface area contributed by atoms with Crippen LogP contribution in [-0.4, -0.2) is 59.6 Å². The van der Waals surface area contributed by atoms with Gasteiger partial charge >= 0.3 is 0 Å². The van der Waals surface area contributed by atoms with E-state index in [1.807, 2.05) is 6.08 Å². The maximum atomic E-state index is 9.94. The molecule has 1 heterocycles. The van der Waals surface area contributed by atoms with Crippen LogP contribution in [0.15, 0.2) is 12.2 Å². The first kappa shape index (κ1) is 22.6. The van der Waals surface area contributed by atoms with E-state index in [1.165, 1.54) is 57.8 Å². The predicted octanol–water partition coefficient (Wildman–Crippen LogP) is 2.96. The Balaban J connectivity index is 2.00. The summed E-state index contributed by atoms with van der Waals surface area (Å²) in [5.74, 6) is 0. The van der Waals surface area contributed by atoms with E-state index in [0.717, 1.165) is 6.42 Å². The van der Waals surface area contributed by atoms with Crippen LogP contribution in [0.4, 0.5) is 0 Å². The van der Waals surface area contributed by atoms with E-state index in [0.29, 0.717) is 6.61 Å². The molecule has 3 N–H and O–H groups in total. The van der Waals surface area contributed by atoms with Gasteiger partial charge in [0.05, 0.1) is 19.8 Å². The second-order valence-corrected chi connectivity index (χ2v) is 7.00. The van der Waals surface area contributed by atoms with Gasteiger partial charge in [0.15, 0.2) is 0 Å². The molecule has 148 valence electrons. The molecule has 0 spiro atoms. The zero-order valence-corrected chi connectivity index (χ0v) is 15.8. The molecule has 5 heteroatoms. The number of allylic oxidation sites excluding steroid dienone is 1. The second-order valence-electron chi connectivity index (χ2n) is 7.00. The number of ether oxygens (including phenoxy) is 2. The molecule has 0 amide bonds. The molecular weight excluding hydrogens is 320 g/mol. The molecule has 25 heavy (non-hydrogen) atoms. The monoisotopic (exact) mass is 358 g/mol. The molecule has 0 aromatic carbocycles. The average molecular weight is 359 g/mol. The molecule has 1 saturated heterocycles. The van der Waals surface area contributed by atoms with Gasteiger partial charge in [0, 0.05) is 0 Å². The Hall–Kier alpha value is -0.460. The quantitative estimate of drug-likeness (QED) is 0.329. The SMILES string of the molecule is CCCCCCCCCCC/C=C/CO[C@H]1[C@H](O)[C@@H](O)CO[C@@H]1CO. The number of aliphatic hydroxyl groups is 3. The second kappa shape index (κ2) is 14.7. The molecular formula is C20H38O5. The first-order chi connectivity index (χ1) is 12.2. The van der Waals surface area contributed by atoms with Gasteiger partial charge in [-0.1, -0.05) is 70.4 Å². The zero-order valence-electron chi connectivity index (χ0n) is 15.8. The van der Waals surface area contributed by atoms with Crippen LogP contribution in [0.2, 0.25) is 0 Å². The van der Waals surface area contributed by atoms with Crippen LogP contribution in [-0.2, 0) is 9.47 Å². The normalized spacial score (nSPS) is 27.2. The summed E-state index contributed by atoms with van der Waals surface area (Å²) in [6.07, 6.45) is 13.8. The van der Waals surface area contributed by atoms with Crippen LogP contribution >= 0.6 is 0 Å². The largest absolute Gasteiger partial charge is 0.394 e. The van der Waals surface area contributed by atoms with Crippen LogP contribution in [0.1, 0.15) is 71.1 Å². The van der Waals surface area contributed by atoms with E-state index in [-0.39, 0.29) is 13.2 Å². The van der Waals surface area contributed by atoms with Crippen LogP contribution in [0, 0.1) is 0 Å². The van der Waals surface area contributed by atoms with E-state index in [9.17, 15) is 15.3 Å². The minimum Gasteiger partial charge on any atom is -0.394 e. The smallest absolute Gasteiger partial charge is 0.115 e. The number of rotatable bonds is 14. The minimum absolute atomic E-state index is 0.0285. The standard InChI is InChI=1S/C20H38O5/c1-2-3-4-5-6-7-8-9-10-11-12-13-14-24-20-18(15-21)25-16-17(22)19(20)23/h12-13,17-23H,2-11,14-16H2,1H3/b13-12+/t17-,18+,19+,20+/m0/s1. The van der Waals surface area contributed by atoms with E-state index in [2.05, 4.69) is 13.0 Å². The number of unbranched alkanes of at least 4 members (excludes halogenated alkanes) is 9. The maximum absolute atomic E-state index is 9.94. The highest BCUT2D eigenvalue weighted by Crippen LogP contribution is 2.18. The summed E-state index contributed by atoms with van der Waals surface area (Å²) >= 11 is 0. The maximum Gasteiger partial charge on any atom is 0.115 e. The molecule has 0 saturated carbocycles. The van der Waals surface area contributed by atoms with Crippen molar-refractivity contribution >= 4 is 0 Å². The Kier molecular flexibility index (Phi) is 13.3.